The second-order valence-corrected chi connectivity index (χ2v) is 15.9. The van der Waals surface area contributed by atoms with Crippen molar-refractivity contribution < 1.29 is 0 Å². The number of hydrogen-bond acceptors (Lipinski definition) is 3. The molecular formula is C40H19BN2S3. The molecule has 0 unspecified atom stereocenters. The molecule has 0 atom stereocenters. The summed E-state index contributed by atoms with van der Waals surface area (Å²) in [5.41, 5.74) is 11.1. The second kappa shape index (κ2) is 7.73. The van der Waals surface area contributed by atoms with E-state index in [0.717, 1.165) is 0 Å². The third kappa shape index (κ3) is 2.46. The summed E-state index contributed by atoms with van der Waals surface area (Å²) >= 11 is 5.83. The highest BCUT2D eigenvalue weighted by atomic mass is 32.1. The van der Waals surface area contributed by atoms with E-state index >= 15 is 0 Å². The first-order chi connectivity index (χ1) is 22.8. The van der Waals surface area contributed by atoms with Crippen LogP contribution in [0.25, 0.3) is 99.4 Å². The summed E-state index contributed by atoms with van der Waals surface area (Å²) in [4.78, 5) is 1.38. The van der Waals surface area contributed by atoms with Gasteiger partial charge in [0.05, 0.1) is 26.3 Å². The Bertz CT molecular complexity index is 3220. The Hall–Kier alpha value is -4.88. The van der Waals surface area contributed by atoms with E-state index in [4.69, 9.17) is 0 Å². The third-order valence-corrected chi connectivity index (χ3v) is 14.2. The molecular weight excluding hydrogens is 615 g/mol. The van der Waals surface area contributed by atoms with Gasteiger partial charge in [-0.05, 0) is 40.8 Å². The van der Waals surface area contributed by atoms with E-state index in [-0.39, 0.29) is 6.85 Å². The van der Waals surface area contributed by atoms with E-state index in [1.165, 1.54) is 110 Å². The Morgan fingerprint density at radius 1 is 0.478 bits per heavy atom. The number of nitrogens with zero attached hydrogens (tertiary/aromatic N) is 2. The molecule has 0 fully saturated rings. The van der Waals surface area contributed by atoms with Crippen LogP contribution in [-0.2, 0) is 0 Å². The Morgan fingerprint density at radius 2 is 1.15 bits per heavy atom. The molecule has 2 aliphatic rings. The van der Waals surface area contributed by atoms with Crippen LogP contribution < -0.4 is 10.9 Å². The van der Waals surface area contributed by atoms with Crippen molar-refractivity contribution in [2.75, 3.05) is 0 Å². The predicted octanol–water partition coefficient (Wildman–Crippen LogP) is 10.6. The summed E-state index contributed by atoms with van der Waals surface area (Å²) in [7, 11) is 0. The number of aromatic nitrogens is 2. The summed E-state index contributed by atoms with van der Waals surface area (Å²) in [6.07, 6.45) is 0. The lowest BCUT2D eigenvalue weighted by molar-refractivity contribution is 1.20. The minimum atomic E-state index is 0.0856. The molecule has 5 aromatic heterocycles. The van der Waals surface area contributed by atoms with Crippen molar-refractivity contribution in [1.82, 2.24) is 9.05 Å². The number of benzene rings is 6. The van der Waals surface area contributed by atoms with Crippen LogP contribution in [0.1, 0.15) is 0 Å². The van der Waals surface area contributed by atoms with E-state index in [0.29, 0.717) is 0 Å². The van der Waals surface area contributed by atoms with Gasteiger partial charge in [0.25, 0.3) is 0 Å². The number of fused-ring (bicyclic) bond motifs is 18. The average molecular weight is 635 g/mol. The molecule has 0 bridgehead atoms. The fourth-order valence-corrected chi connectivity index (χ4v) is 12.7. The van der Waals surface area contributed by atoms with Gasteiger partial charge < -0.3 is 9.05 Å². The molecule has 11 aromatic rings. The number of thiophene rings is 3. The van der Waals surface area contributed by atoms with Crippen molar-refractivity contribution in [3.63, 3.8) is 0 Å². The normalized spacial score (nSPS) is 13.6. The van der Waals surface area contributed by atoms with Gasteiger partial charge in [-0.15, -0.1) is 34.0 Å². The highest BCUT2D eigenvalue weighted by molar-refractivity contribution is 7.27. The summed E-state index contributed by atoms with van der Waals surface area (Å²) in [5, 5.41) is 9.60. The largest absolute Gasteiger partial charge is 0.367 e. The van der Waals surface area contributed by atoms with Gasteiger partial charge in [0, 0.05) is 67.6 Å². The van der Waals surface area contributed by atoms with Crippen molar-refractivity contribution in [1.29, 1.82) is 0 Å². The van der Waals surface area contributed by atoms with Crippen molar-refractivity contribution in [2.24, 2.45) is 0 Å². The van der Waals surface area contributed by atoms with Crippen LogP contribution in [0.3, 0.4) is 0 Å². The molecule has 6 aromatic carbocycles. The molecule has 46 heavy (non-hydrogen) atoms. The topological polar surface area (TPSA) is 9.86 Å². The van der Waals surface area contributed by atoms with Crippen LogP contribution in [-0.4, -0.2) is 15.9 Å². The molecule has 0 aliphatic carbocycles. The first-order valence-corrected chi connectivity index (χ1v) is 18.2. The zero-order valence-electron chi connectivity index (χ0n) is 24.2. The van der Waals surface area contributed by atoms with Crippen LogP contribution in [0.2, 0.25) is 0 Å². The minimum Gasteiger partial charge on any atom is -0.367 e. The minimum absolute atomic E-state index is 0.0856. The van der Waals surface area contributed by atoms with E-state index in [1.54, 1.807) is 0 Å². The third-order valence-electron chi connectivity index (χ3n) is 10.7. The van der Waals surface area contributed by atoms with Gasteiger partial charge in [-0.1, -0.05) is 91.0 Å². The maximum atomic E-state index is 2.73. The van der Waals surface area contributed by atoms with Crippen molar-refractivity contribution in [2.45, 2.75) is 0 Å². The van der Waals surface area contributed by atoms with Crippen LogP contribution in [0.5, 0.6) is 0 Å². The first-order valence-electron chi connectivity index (χ1n) is 15.7. The quantitative estimate of drug-likeness (QED) is 0.147. The molecule has 7 heterocycles. The summed E-state index contributed by atoms with van der Waals surface area (Å²) in [5.74, 6) is 0. The van der Waals surface area contributed by atoms with E-state index in [1.807, 2.05) is 34.0 Å². The van der Waals surface area contributed by atoms with Crippen molar-refractivity contribution in [3.8, 4) is 16.8 Å². The smallest absolute Gasteiger partial charge is 0.333 e. The Balaban J connectivity index is 1.36. The van der Waals surface area contributed by atoms with Gasteiger partial charge in [-0.2, -0.15) is 0 Å². The Morgan fingerprint density at radius 3 is 2.00 bits per heavy atom. The van der Waals surface area contributed by atoms with E-state index in [2.05, 4.69) is 124 Å². The zero-order chi connectivity index (χ0) is 29.4. The van der Waals surface area contributed by atoms with Gasteiger partial charge >= 0.3 is 6.85 Å². The molecule has 6 heteroatoms. The summed E-state index contributed by atoms with van der Waals surface area (Å²) < 4.78 is 12.2. The van der Waals surface area contributed by atoms with Gasteiger partial charge in [0.2, 0.25) is 0 Å². The lowest BCUT2D eigenvalue weighted by Gasteiger charge is -2.34. The molecule has 210 valence electrons. The maximum absolute atomic E-state index is 2.73. The maximum Gasteiger partial charge on any atom is 0.333 e. The second-order valence-electron chi connectivity index (χ2n) is 12.8. The number of para-hydroxylation sites is 2. The SMILES string of the molecule is c1ccc2c(c1)sc1cc3c4c(c12)-n1c2c(cccc2c2sc5ccccc5c21)B4n1c2sc4ccccc4c2c2cccc-3c21. The van der Waals surface area contributed by atoms with Crippen LogP contribution in [0, 0.1) is 0 Å². The molecule has 0 saturated carbocycles. The summed E-state index contributed by atoms with van der Waals surface area (Å²) in [6, 6.07) is 43.6. The summed E-state index contributed by atoms with van der Waals surface area (Å²) in [6.45, 7) is 0.0856. The number of rotatable bonds is 0. The lowest BCUT2D eigenvalue weighted by Crippen LogP contribution is -2.55. The average Bonchev–Trinajstić information content (AvgIpc) is 3.89. The molecule has 0 spiro atoms. The van der Waals surface area contributed by atoms with Crippen LogP contribution in [0.4, 0.5) is 0 Å². The van der Waals surface area contributed by atoms with Gasteiger partial charge in [0.1, 0.15) is 0 Å². The monoisotopic (exact) mass is 634 g/mol. The zero-order valence-corrected chi connectivity index (χ0v) is 26.6. The Kier molecular flexibility index (Phi) is 3.94. The van der Waals surface area contributed by atoms with Crippen LogP contribution in [0.15, 0.2) is 115 Å². The van der Waals surface area contributed by atoms with Crippen molar-refractivity contribution >= 4 is 134 Å². The van der Waals surface area contributed by atoms with E-state index in [9.17, 15) is 0 Å². The predicted molar refractivity (Wildman–Crippen MR) is 203 cm³/mol. The molecule has 2 aliphatic heterocycles. The van der Waals surface area contributed by atoms with Gasteiger partial charge in [-0.3, -0.25) is 0 Å². The highest BCUT2D eigenvalue weighted by Crippen LogP contribution is 2.51. The first kappa shape index (κ1) is 23.5. The van der Waals surface area contributed by atoms with E-state index < -0.39 is 0 Å². The van der Waals surface area contributed by atoms with Gasteiger partial charge in [0.15, 0.2) is 0 Å². The fraction of sp³-hybridized carbons (Fsp3) is 0. The molecule has 0 radical (unpaired) electrons. The lowest BCUT2D eigenvalue weighted by atomic mass is 9.45. The van der Waals surface area contributed by atoms with Crippen molar-refractivity contribution in [3.05, 3.63) is 115 Å². The number of hydrogen-bond donors (Lipinski definition) is 0. The Labute approximate surface area is 274 Å². The molecule has 0 N–H and O–H groups in total. The molecule has 2 nitrogen and oxygen atoms in total. The fourth-order valence-electron chi connectivity index (χ4n) is 9.06. The van der Waals surface area contributed by atoms with Crippen LogP contribution >= 0.6 is 34.0 Å². The highest BCUT2D eigenvalue weighted by Gasteiger charge is 2.43. The molecule has 0 amide bonds. The van der Waals surface area contributed by atoms with Gasteiger partial charge in [-0.25, -0.2) is 0 Å². The molecule has 13 rings (SSSR count). The standard InChI is InChI=1S/C40H19BN2S3/c1-5-17-29-21(9-1)32-24-13-7-12-20-26-19-31-33(22-10-2-4-16-28(22)44-31)38-34(26)41(43(35(20)24)40(32)46-29)27-15-8-14-25-36(27)42(38)37-23-11-3-6-18-30(23)45-39(25)37/h1-19H. The molecule has 0 saturated heterocycles.